The van der Waals surface area contributed by atoms with Crippen LogP contribution in [0.2, 0.25) is 10.0 Å². The monoisotopic (exact) mass is 367 g/mol. The van der Waals surface area contributed by atoms with Crippen LogP contribution in [0.3, 0.4) is 0 Å². The van der Waals surface area contributed by atoms with Crippen LogP contribution < -0.4 is 10.3 Å². The lowest BCUT2D eigenvalue weighted by atomic mass is 10.1. The highest BCUT2D eigenvalue weighted by Gasteiger charge is 2.13. The van der Waals surface area contributed by atoms with E-state index < -0.39 is 11.7 Å². The first-order valence-electron chi connectivity index (χ1n) is 6.90. The molecule has 0 saturated carbocycles. The smallest absolute Gasteiger partial charge is 0.434 e. The predicted molar refractivity (Wildman–Crippen MR) is 88.9 cm³/mol. The molecule has 0 radical (unpaired) electrons. The summed E-state index contributed by atoms with van der Waals surface area (Å²) in [6.45, 7) is 1.82. The van der Waals surface area contributed by atoms with Gasteiger partial charge in [-0.25, -0.2) is 9.31 Å². The minimum Gasteiger partial charge on any atom is -0.434 e. The van der Waals surface area contributed by atoms with E-state index in [9.17, 15) is 9.59 Å². The first-order chi connectivity index (χ1) is 11.5. The maximum Gasteiger partial charge on any atom is 0.515 e. The van der Waals surface area contributed by atoms with Crippen molar-refractivity contribution in [2.45, 2.75) is 6.92 Å². The van der Waals surface area contributed by atoms with Gasteiger partial charge < -0.3 is 14.5 Å². The molecule has 24 heavy (non-hydrogen) atoms. The second kappa shape index (κ2) is 6.54. The summed E-state index contributed by atoms with van der Waals surface area (Å²) in [6, 6.07) is 6.24. The SMILES string of the molecule is CCOC(=O)Oc1cc2c(=O)[nH]c(-c3ccc(Cl)cc3Cl)cn2n1. The van der Waals surface area contributed by atoms with Gasteiger partial charge in [0.05, 0.1) is 23.5 Å². The van der Waals surface area contributed by atoms with E-state index in [-0.39, 0.29) is 18.0 Å². The summed E-state index contributed by atoms with van der Waals surface area (Å²) in [6.07, 6.45) is 0.669. The molecule has 2 aromatic heterocycles. The Labute approximate surface area is 145 Å². The van der Waals surface area contributed by atoms with Crippen molar-refractivity contribution in [1.29, 1.82) is 0 Å². The molecule has 3 rings (SSSR count). The van der Waals surface area contributed by atoms with E-state index in [0.717, 1.165) is 0 Å². The average molecular weight is 368 g/mol. The largest absolute Gasteiger partial charge is 0.515 e. The average Bonchev–Trinajstić information content (AvgIpc) is 2.90. The van der Waals surface area contributed by atoms with Gasteiger partial charge in [-0.3, -0.25) is 4.79 Å². The van der Waals surface area contributed by atoms with Crippen molar-refractivity contribution in [3.63, 3.8) is 0 Å². The molecule has 1 N–H and O–H groups in total. The Morgan fingerprint density at radius 2 is 2.12 bits per heavy atom. The van der Waals surface area contributed by atoms with E-state index in [1.54, 1.807) is 31.3 Å². The number of aromatic nitrogens is 3. The lowest BCUT2D eigenvalue weighted by Gasteiger charge is -2.05. The van der Waals surface area contributed by atoms with Crippen LogP contribution in [0, 0.1) is 0 Å². The number of rotatable bonds is 3. The highest BCUT2D eigenvalue weighted by molar-refractivity contribution is 6.36. The zero-order chi connectivity index (χ0) is 17.3. The van der Waals surface area contributed by atoms with Gasteiger partial charge in [-0.1, -0.05) is 23.2 Å². The number of ether oxygens (including phenoxy) is 2. The third-order valence-corrected chi connectivity index (χ3v) is 3.66. The number of nitrogens with zero attached hydrogens (tertiary/aromatic N) is 2. The molecule has 0 bridgehead atoms. The summed E-state index contributed by atoms with van der Waals surface area (Å²) in [5.74, 6) is -0.0432. The molecule has 0 aliphatic heterocycles. The molecule has 1 aromatic carbocycles. The maximum atomic E-state index is 12.2. The van der Waals surface area contributed by atoms with Crippen LogP contribution >= 0.6 is 23.2 Å². The number of nitrogens with one attached hydrogen (secondary N) is 1. The molecular weight excluding hydrogens is 357 g/mol. The normalized spacial score (nSPS) is 10.8. The molecule has 0 amide bonds. The van der Waals surface area contributed by atoms with Gasteiger partial charge in [-0.2, -0.15) is 0 Å². The van der Waals surface area contributed by atoms with Crippen molar-refractivity contribution >= 4 is 34.9 Å². The van der Waals surface area contributed by atoms with E-state index in [0.29, 0.717) is 21.3 Å². The second-order valence-corrected chi connectivity index (χ2v) is 5.56. The quantitative estimate of drug-likeness (QED) is 0.715. The van der Waals surface area contributed by atoms with Crippen LogP contribution in [0.15, 0.2) is 35.3 Å². The number of hydrogen-bond donors (Lipinski definition) is 1. The first-order valence-corrected chi connectivity index (χ1v) is 7.66. The highest BCUT2D eigenvalue weighted by atomic mass is 35.5. The summed E-state index contributed by atoms with van der Waals surface area (Å²) in [4.78, 5) is 26.3. The Kier molecular flexibility index (Phi) is 4.46. The van der Waals surface area contributed by atoms with E-state index in [1.807, 2.05) is 0 Å². The molecule has 0 unspecified atom stereocenters. The molecule has 7 nitrogen and oxygen atoms in total. The number of carbonyl (C=O) groups is 1. The first kappa shape index (κ1) is 16.4. The van der Waals surface area contributed by atoms with E-state index >= 15 is 0 Å². The third kappa shape index (κ3) is 3.22. The van der Waals surface area contributed by atoms with Gasteiger partial charge in [-0.05, 0) is 25.1 Å². The molecule has 3 aromatic rings. The van der Waals surface area contributed by atoms with Crippen LogP contribution in [-0.4, -0.2) is 27.4 Å². The molecule has 0 aliphatic rings. The second-order valence-electron chi connectivity index (χ2n) is 4.72. The van der Waals surface area contributed by atoms with E-state index in [1.165, 1.54) is 10.6 Å². The minimum atomic E-state index is -0.890. The van der Waals surface area contributed by atoms with Crippen LogP contribution in [0.4, 0.5) is 4.79 Å². The third-order valence-electron chi connectivity index (χ3n) is 3.12. The Balaban J connectivity index is 2.03. The van der Waals surface area contributed by atoms with Crippen molar-refractivity contribution in [2.75, 3.05) is 6.61 Å². The fraction of sp³-hybridized carbons (Fsp3) is 0.133. The van der Waals surface area contributed by atoms with Gasteiger partial charge in [0.15, 0.2) is 0 Å². The molecule has 0 saturated heterocycles. The van der Waals surface area contributed by atoms with Crippen LogP contribution in [0.1, 0.15) is 6.92 Å². The van der Waals surface area contributed by atoms with Crippen LogP contribution in [0.5, 0.6) is 5.88 Å². The number of aromatic amines is 1. The Morgan fingerprint density at radius 3 is 2.83 bits per heavy atom. The molecule has 9 heteroatoms. The van der Waals surface area contributed by atoms with Crippen LogP contribution in [0.25, 0.3) is 16.8 Å². The van der Waals surface area contributed by atoms with Gasteiger partial charge >= 0.3 is 6.16 Å². The Hall–Kier alpha value is -2.51. The zero-order valence-corrected chi connectivity index (χ0v) is 13.9. The van der Waals surface area contributed by atoms with Gasteiger partial charge in [0.2, 0.25) is 5.88 Å². The molecule has 0 fully saturated rings. The number of halogens is 2. The topological polar surface area (TPSA) is 85.7 Å². The van der Waals surface area contributed by atoms with Crippen molar-refractivity contribution in [3.8, 4) is 17.1 Å². The van der Waals surface area contributed by atoms with Crippen molar-refractivity contribution in [1.82, 2.24) is 14.6 Å². The van der Waals surface area contributed by atoms with E-state index in [4.69, 9.17) is 27.9 Å². The molecule has 124 valence electrons. The standard InChI is InChI=1S/C15H11Cl2N3O4/c1-2-23-15(22)24-13-6-12-14(21)18-11(7-20(12)19-13)9-4-3-8(16)5-10(9)17/h3-7H,2H2,1H3,(H,18,21). The number of carbonyl (C=O) groups excluding carboxylic acids is 1. The Bertz CT molecular complexity index is 980. The number of fused-ring (bicyclic) bond motifs is 1. The number of benzene rings is 1. The summed E-state index contributed by atoms with van der Waals surface area (Å²) >= 11 is 12.0. The minimum absolute atomic E-state index is 0.0432. The molecular formula is C15H11Cl2N3O4. The molecule has 0 spiro atoms. The summed E-state index contributed by atoms with van der Waals surface area (Å²) < 4.78 is 10.9. The number of hydrogen-bond acceptors (Lipinski definition) is 5. The number of H-pyrrole nitrogens is 1. The van der Waals surface area contributed by atoms with Gasteiger partial charge in [0.25, 0.3) is 5.56 Å². The fourth-order valence-corrected chi connectivity index (χ4v) is 2.62. The maximum absolute atomic E-state index is 12.2. The van der Waals surface area contributed by atoms with Crippen molar-refractivity contribution in [3.05, 3.63) is 50.9 Å². The molecule has 2 heterocycles. The lowest BCUT2D eigenvalue weighted by molar-refractivity contribution is 0.102. The van der Waals surface area contributed by atoms with Crippen molar-refractivity contribution in [2.24, 2.45) is 0 Å². The zero-order valence-electron chi connectivity index (χ0n) is 12.4. The summed E-state index contributed by atoms with van der Waals surface area (Å²) in [7, 11) is 0. The van der Waals surface area contributed by atoms with Crippen molar-refractivity contribution < 1.29 is 14.3 Å². The van der Waals surface area contributed by atoms with E-state index in [2.05, 4.69) is 14.8 Å². The van der Waals surface area contributed by atoms with Crippen LogP contribution in [-0.2, 0) is 4.74 Å². The predicted octanol–water partition coefficient (Wildman–Crippen LogP) is 3.53. The fourth-order valence-electron chi connectivity index (χ4n) is 2.11. The van der Waals surface area contributed by atoms with Gasteiger partial charge in [-0.15, -0.1) is 5.10 Å². The highest BCUT2D eigenvalue weighted by Crippen LogP contribution is 2.28. The van der Waals surface area contributed by atoms with Gasteiger partial charge in [0.1, 0.15) is 5.52 Å². The lowest BCUT2D eigenvalue weighted by Crippen LogP contribution is -2.11. The Morgan fingerprint density at radius 1 is 1.33 bits per heavy atom. The summed E-state index contributed by atoms with van der Waals surface area (Å²) in [5, 5.41) is 4.90. The summed E-state index contributed by atoms with van der Waals surface area (Å²) in [5.41, 5.74) is 0.830. The molecule has 0 aliphatic carbocycles. The molecule has 0 atom stereocenters. The van der Waals surface area contributed by atoms with Gasteiger partial charge in [0, 0.05) is 16.7 Å².